The lowest BCUT2D eigenvalue weighted by Crippen LogP contribution is -2.47. The second-order valence-corrected chi connectivity index (χ2v) is 6.17. The number of aromatic nitrogens is 1. The van der Waals surface area contributed by atoms with E-state index < -0.39 is 0 Å². The summed E-state index contributed by atoms with van der Waals surface area (Å²) in [5.74, 6) is 0.145. The van der Waals surface area contributed by atoms with Crippen LogP contribution in [0.1, 0.15) is 26.0 Å². The monoisotopic (exact) mass is 305 g/mol. The third kappa shape index (κ3) is 5.07. The normalized spacial score (nSPS) is 19.4. The van der Waals surface area contributed by atoms with E-state index in [4.69, 9.17) is 4.74 Å². The van der Waals surface area contributed by atoms with Crippen molar-refractivity contribution in [3.63, 3.8) is 0 Å². The van der Waals surface area contributed by atoms with Crippen molar-refractivity contribution in [2.75, 3.05) is 33.3 Å². The molecule has 1 atom stereocenters. The number of likely N-dealkylation sites (N-methyl/N-ethyl adjacent to an activating group) is 1. The second-order valence-electron chi connectivity index (χ2n) is 6.17. The molecule has 22 heavy (non-hydrogen) atoms. The molecule has 2 heterocycles. The number of pyridine rings is 1. The van der Waals surface area contributed by atoms with E-state index in [0.29, 0.717) is 25.6 Å². The zero-order chi connectivity index (χ0) is 15.9. The van der Waals surface area contributed by atoms with Gasteiger partial charge in [0.25, 0.3) is 0 Å². The minimum Gasteiger partial charge on any atom is -0.375 e. The molecule has 0 aromatic carbocycles. The van der Waals surface area contributed by atoms with Crippen LogP contribution in [0.25, 0.3) is 0 Å². The molecule has 1 unspecified atom stereocenters. The maximum Gasteiger partial charge on any atom is 0.224 e. The Morgan fingerprint density at radius 2 is 2.32 bits per heavy atom. The number of hydrogen-bond acceptors (Lipinski definition) is 4. The van der Waals surface area contributed by atoms with Crippen LogP contribution in [0, 0.1) is 0 Å². The first kappa shape index (κ1) is 16.9. The molecule has 0 bridgehead atoms. The molecule has 122 valence electrons. The number of ether oxygens (including phenoxy) is 1. The number of hydrogen-bond donors (Lipinski definition) is 0. The van der Waals surface area contributed by atoms with Gasteiger partial charge < -0.3 is 9.64 Å². The molecule has 1 fully saturated rings. The van der Waals surface area contributed by atoms with Gasteiger partial charge in [0, 0.05) is 51.0 Å². The Hall–Kier alpha value is -1.46. The highest BCUT2D eigenvalue weighted by molar-refractivity contribution is 5.76. The predicted molar refractivity (Wildman–Crippen MR) is 86.6 cm³/mol. The van der Waals surface area contributed by atoms with Crippen LogP contribution in [0.2, 0.25) is 0 Å². The van der Waals surface area contributed by atoms with Crippen molar-refractivity contribution in [2.45, 2.75) is 38.8 Å². The minimum absolute atomic E-state index is 0.0148. The lowest BCUT2D eigenvalue weighted by molar-refractivity contribution is -0.135. The van der Waals surface area contributed by atoms with Gasteiger partial charge in [0.15, 0.2) is 0 Å². The van der Waals surface area contributed by atoms with Gasteiger partial charge in [-0.05, 0) is 26.0 Å². The molecular weight excluding hydrogens is 278 g/mol. The molecule has 0 radical (unpaired) electrons. The van der Waals surface area contributed by atoms with Gasteiger partial charge in [-0.3, -0.25) is 14.7 Å². The van der Waals surface area contributed by atoms with Gasteiger partial charge in [-0.15, -0.1) is 0 Å². The van der Waals surface area contributed by atoms with Crippen LogP contribution in [0.3, 0.4) is 0 Å². The molecule has 0 spiro atoms. The lowest BCUT2D eigenvalue weighted by atomic mass is 10.1. The third-order valence-electron chi connectivity index (χ3n) is 4.16. The van der Waals surface area contributed by atoms with Crippen LogP contribution >= 0.6 is 0 Å². The molecule has 0 saturated carbocycles. The van der Waals surface area contributed by atoms with Gasteiger partial charge in [0.2, 0.25) is 5.91 Å². The molecule has 1 aliphatic rings. The summed E-state index contributed by atoms with van der Waals surface area (Å²) in [6.45, 7) is 7.58. The van der Waals surface area contributed by atoms with Crippen LogP contribution in [-0.4, -0.2) is 66.1 Å². The van der Waals surface area contributed by atoms with E-state index in [1.54, 1.807) is 11.1 Å². The number of morpholine rings is 1. The van der Waals surface area contributed by atoms with Crippen molar-refractivity contribution in [1.29, 1.82) is 0 Å². The largest absolute Gasteiger partial charge is 0.375 e. The van der Waals surface area contributed by atoms with Crippen molar-refractivity contribution in [3.8, 4) is 0 Å². The molecule has 5 nitrogen and oxygen atoms in total. The number of carbonyl (C=O) groups excluding carboxylic acids is 1. The average Bonchev–Trinajstić information content (AvgIpc) is 2.53. The Labute approximate surface area is 133 Å². The summed E-state index contributed by atoms with van der Waals surface area (Å²) in [5, 5.41) is 0. The maximum atomic E-state index is 12.3. The summed E-state index contributed by atoms with van der Waals surface area (Å²) in [7, 11) is 1.86. The molecule has 1 amide bonds. The van der Waals surface area contributed by atoms with E-state index in [-0.39, 0.29) is 12.0 Å². The lowest BCUT2D eigenvalue weighted by Gasteiger charge is -2.35. The first-order valence-electron chi connectivity index (χ1n) is 8.05. The molecule has 1 saturated heterocycles. The van der Waals surface area contributed by atoms with Crippen molar-refractivity contribution in [2.24, 2.45) is 0 Å². The summed E-state index contributed by atoms with van der Waals surface area (Å²) in [5.41, 5.74) is 1.02. The summed E-state index contributed by atoms with van der Waals surface area (Å²) >= 11 is 0. The third-order valence-corrected chi connectivity index (χ3v) is 4.16. The maximum absolute atomic E-state index is 12.3. The molecule has 1 aromatic heterocycles. The Bertz CT molecular complexity index is 464. The SMILES string of the molecule is CC(C)N1CCOC(CC(=O)N(C)CCc2ccccn2)C1. The minimum atomic E-state index is 0.0148. The number of carbonyl (C=O) groups is 1. The Morgan fingerprint density at radius 3 is 3.00 bits per heavy atom. The fraction of sp³-hybridized carbons (Fsp3) is 0.647. The predicted octanol–water partition coefficient (Wildman–Crippen LogP) is 1.58. The van der Waals surface area contributed by atoms with Crippen molar-refractivity contribution >= 4 is 5.91 Å². The van der Waals surface area contributed by atoms with Crippen LogP contribution in [0.4, 0.5) is 0 Å². The van der Waals surface area contributed by atoms with Gasteiger partial charge in [0.05, 0.1) is 19.1 Å². The number of rotatable bonds is 6. The molecular formula is C17H27N3O2. The van der Waals surface area contributed by atoms with E-state index in [1.807, 2.05) is 25.2 Å². The summed E-state index contributed by atoms with van der Waals surface area (Å²) in [6, 6.07) is 6.37. The highest BCUT2D eigenvalue weighted by Crippen LogP contribution is 2.12. The van der Waals surface area contributed by atoms with Gasteiger partial charge in [-0.1, -0.05) is 6.07 Å². The smallest absolute Gasteiger partial charge is 0.224 e. The standard InChI is InChI=1S/C17H27N3O2/c1-14(2)20-10-11-22-16(13-20)12-17(21)19(3)9-7-15-6-4-5-8-18-15/h4-6,8,14,16H,7,9-13H2,1-3H3. The Balaban J connectivity index is 1.76. The van der Waals surface area contributed by atoms with E-state index in [9.17, 15) is 4.79 Å². The van der Waals surface area contributed by atoms with Crippen LogP contribution < -0.4 is 0 Å². The first-order valence-corrected chi connectivity index (χ1v) is 8.05. The average molecular weight is 305 g/mol. The summed E-state index contributed by atoms with van der Waals surface area (Å²) < 4.78 is 5.74. The van der Waals surface area contributed by atoms with Gasteiger partial charge in [0.1, 0.15) is 0 Å². The molecule has 1 aromatic rings. The van der Waals surface area contributed by atoms with Crippen LogP contribution in [0.5, 0.6) is 0 Å². The molecule has 5 heteroatoms. The summed E-state index contributed by atoms with van der Waals surface area (Å²) in [4.78, 5) is 20.8. The van der Waals surface area contributed by atoms with Gasteiger partial charge >= 0.3 is 0 Å². The highest BCUT2D eigenvalue weighted by atomic mass is 16.5. The van der Waals surface area contributed by atoms with Gasteiger partial charge in [-0.2, -0.15) is 0 Å². The zero-order valence-electron chi connectivity index (χ0n) is 13.9. The summed E-state index contributed by atoms with van der Waals surface area (Å²) in [6.07, 6.45) is 3.04. The zero-order valence-corrected chi connectivity index (χ0v) is 13.9. The van der Waals surface area contributed by atoms with E-state index >= 15 is 0 Å². The fourth-order valence-electron chi connectivity index (χ4n) is 2.64. The Kier molecular flexibility index (Phi) is 6.34. The van der Waals surface area contributed by atoms with Crippen LogP contribution in [-0.2, 0) is 16.0 Å². The van der Waals surface area contributed by atoms with Crippen molar-refractivity contribution in [3.05, 3.63) is 30.1 Å². The molecule has 1 aliphatic heterocycles. The van der Waals surface area contributed by atoms with E-state index in [1.165, 1.54) is 0 Å². The first-order chi connectivity index (χ1) is 10.6. The molecule has 0 aliphatic carbocycles. The quantitative estimate of drug-likeness (QED) is 0.800. The second kappa shape index (κ2) is 8.25. The Morgan fingerprint density at radius 1 is 1.50 bits per heavy atom. The van der Waals surface area contributed by atoms with Gasteiger partial charge in [-0.25, -0.2) is 0 Å². The van der Waals surface area contributed by atoms with Crippen LogP contribution in [0.15, 0.2) is 24.4 Å². The number of nitrogens with zero attached hydrogens (tertiary/aromatic N) is 3. The van der Waals surface area contributed by atoms with Crippen molar-refractivity contribution in [1.82, 2.24) is 14.8 Å². The molecule has 0 N–H and O–H groups in total. The topological polar surface area (TPSA) is 45.7 Å². The highest BCUT2D eigenvalue weighted by Gasteiger charge is 2.25. The fourth-order valence-corrected chi connectivity index (χ4v) is 2.64. The van der Waals surface area contributed by atoms with E-state index in [2.05, 4.69) is 23.7 Å². The van der Waals surface area contributed by atoms with Crippen molar-refractivity contribution < 1.29 is 9.53 Å². The van der Waals surface area contributed by atoms with E-state index in [0.717, 1.165) is 25.2 Å². The number of amides is 1. The molecule has 2 rings (SSSR count).